The Labute approximate surface area is 171 Å². The third-order valence-electron chi connectivity index (χ3n) is 4.01. The van der Waals surface area contributed by atoms with Crippen LogP contribution in [0, 0.1) is 0 Å². The number of nitrogens with one attached hydrogen (secondary N) is 1. The Hall–Kier alpha value is -1.60. The first-order chi connectivity index (χ1) is 13.0. The molecule has 1 fully saturated rings. The van der Waals surface area contributed by atoms with Crippen molar-refractivity contribution < 1.29 is 19.4 Å². The van der Waals surface area contributed by atoms with Gasteiger partial charge in [0.1, 0.15) is 12.6 Å². The second-order valence-electron chi connectivity index (χ2n) is 5.95. The summed E-state index contributed by atoms with van der Waals surface area (Å²) >= 11 is 13.9. The molecule has 2 atom stereocenters. The van der Waals surface area contributed by atoms with Crippen molar-refractivity contribution in [2.75, 3.05) is 12.4 Å². The summed E-state index contributed by atoms with van der Waals surface area (Å²) in [5.74, 6) is 0.644. The van der Waals surface area contributed by atoms with E-state index in [-0.39, 0.29) is 5.37 Å². The number of thioether (sulfide) groups is 1. The van der Waals surface area contributed by atoms with Crippen molar-refractivity contribution in [1.29, 1.82) is 0 Å². The number of hydrogen-bond acceptors (Lipinski definition) is 5. The molecular formula is C19H19Cl2NO4S. The lowest BCUT2D eigenvalue weighted by Crippen LogP contribution is -2.33. The quantitative estimate of drug-likeness (QED) is 0.663. The largest absolute Gasteiger partial charge is 0.490 e. The van der Waals surface area contributed by atoms with Gasteiger partial charge < -0.3 is 14.6 Å². The molecule has 0 spiro atoms. The highest BCUT2D eigenvalue weighted by atomic mass is 35.5. The summed E-state index contributed by atoms with van der Waals surface area (Å²) in [5, 5.41) is 13.2. The van der Waals surface area contributed by atoms with Crippen molar-refractivity contribution in [3.05, 3.63) is 57.6 Å². The predicted molar refractivity (Wildman–Crippen MR) is 108 cm³/mol. The molecule has 0 amide bonds. The molecular weight excluding hydrogens is 409 g/mol. The smallest absolute Gasteiger partial charge is 0.321 e. The number of rotatable bonds is 7. The van der Waals surface area contributed by atoms with E-state index in [4.69, 9.17) is 37.8 Å². The van der Waals surface area contributed by atoms with E-state index in [1.807, 2.05) is 25.1 Å². The third-order valence-corrected chi connectivity index (χ3v) is 5.81. The van der Waals surface area contributed by atoms with Crippen LogP contribution in [-0.4, -0.2) is 29.5 Å². The van der Waals surface area contributed by atoms with E-state index in [1.54, 1.807) is 18.2 Å². The van der Waals surface area contributed by atoms with Crippen LogP contribution < -0.4 is 14.8 Å². The Morgan fingerprint density at radius 2 is 2.00 bits per heavy atom. The summed E-state index contributed by atoms with van der Waals surface area (Å²) in [6.45, 7) is 2.67. The Morgan fingerprint density at radius 3 is 2.63 bits per heavy atom. The first-order valence-corrected chi connectivity index (χ1v) is 10.2. The fourth-order valence-corrected chi connectivity index (χ4v) is 4.30. The van der Waals surface area contributed by atoms with Gasteiger partial charge in [-0.1, -0.05) is 35.3 Å². The number of halogens is 2. The summed E-state index contributed by atoms with van der Waals surface area (Å²) in [6.07, 6.45) is 0. The Bertz CT molecular complexity index is 816. The van der Waals surface area contributed by atoms with E-state index in [0.29, 0.717) is 40.5 Å². The van der Waals surface area contributed by atoms with Gasteiger partial charge in [0.25, 0.3) is 0 Å². The number of ether oxygens (including phenoxy) is 2. The number of aliphatic carboxylic acids is 1. The average Bonchev–Trinajstić information content (AvgIpc) is 3.13. The molecule has 27 heavy (non-hydrogen) atoms. The maximum Gasteiger partial charge on any atom is 0.321 e. The molecule has 144 valence electrons. The van der Waals surface area contributed by atoms with Gasteiger partial charge in [-0.2, -0.15) is 0 Å². The van der Waals surface area contributed by atoms with Gasteiger partial charge in [0.15, 0.2) is 11.5 Å². The van der Waals surface area contributed by atoms with Crippen LogP contribution in [0.2, 0.25) is 10.0 Å². The van der Waals surface area contributed by atoms with Gasteiger partial charge in [-0.25, -0.2) is 0 Å². The topological polar surface area (TPSA) is 67.8 Å². The van der Waals surface area contributed by atoms with Gasteiger partial charge in [-0.05, 0) is 42.3 Å². The van der Waals surface area contributed by atoms with E-state index < -0.39 is 12.0 Å². The maximum absolute atomic E-state index is 11.2. The first kappa shape index (κ1) is 20.1. The van der Waals surface area contributed by atoms with Crippen LogP contribution in [0.1, 0.15) is 23.4 Å². The summed E-state index contributed by atoms with van der Waals surface area (Å²) in [6, 6.07) is 10.4. The second-order valence-corrected chi connectivity index (χ2v) is 7.93. The summed E-state index contributed by atoms with van der Waals surface area (Å²) < 4.78 is 11.6. The molecule has 5 nitrogen and oxygen atoms in total. The summed E-state index contributed by atoms with van der Waals surface area (Å²) in [5.41, 5.74) is 1.82. The second kappa shape index (κ2) is 9.06. The minimum absolute atomic E-state index is 0.159. The zero-order chi connectivity index (χ0) is 19.4. The van der Waals surface area contributed by atoms with E-state index in [9.17, 15) is 4.79 Å². The Balaban J connectivity index is 1.79. The Morgan fingerprint density at radius 1 is 1.26 bits per heavy atom. The molecule has 2 N–H and O–H groups in total. The SMILES string of the molecule is CCOc1cc(C2NC(C(=O)O)CS2)cc(Cl)c1OCc1ccc(Cl)cc1. The lowest BCUT2D eigenvalue weighted by Gasteiger charge is -2.18. The fourth-order valence-electron chi connectivity index (χ4n) is 2.68. The van der Waals surface area contributed by atoms with Crippen LogP contribution in [-0.2, 0) is 11.4 Å². The summed E-state index contributed by atoms with van der Waals surface area (Å²) in [4.78, 5) is 11.2. The van der Waals surface area contributed by atoms with Crippen LogP contribution in [0.5, 0.6) is 11.5 Å². The molecule has 1 heterocycles. The van der Waals surface area contributed by atoms with Gasteiger partial charge in [0.2, 0.25) is 0 Å². The number of carboxylic acids is 1. The number of benzene rings is 2. The normalized spacial score (nSPS) is 19.1. The maximum atomic E-state index is 11.2. The highest BCUT2D eigenvalue weighted by Crippen LogP contribution is 2.42. The average molecular weight is 428 g/mol. The monoisotopic (exact) mass is 427 g/mol. The van der Waals surface area contributed by atoms with Crippen molar-refractivity contribution >= 4 is 40.9 Å². The van der Waals surface area contributed by atoms with Crippen LogP contribution in [0.3, 0.4) is 0 Å². The molecule has 1 aliphatic rings. The molecule has 2 unspecified atom stereocenters. The van der Waals surface area contributed by atoms with Gasteiger partial charge in [-0.15, -0.1) is 11.8 Å². The van der Waals surface area contributed by atoms with Crippen LogP contribution >= 0.6 is 35.0 Å². The molecule has 0 radical (unpaired) electrons. The molecule has 3 rings (SSSR count). The molecule has 0 aliphatic carbocycles. The van der Waals surface area contributed by atoms with Crippen LogP contribution in [0.25, 0.3) is 0 Å². The summed E-state index contributed by atoms with van der Waals surface area (Å²) in [7, 11) is 0. The molecule has 1 aliphatic heterocycles. The number of carbonyl (C=O) groups is 1. The standard InChI is InChI=1S/C19H19Cl2NO4S/c1-2-25-16-8-12(18-22-15(10-27-18)19(23)24)7-14(21)17(16)26-9-11-3-5-13(20)6-4-11/h3-8,15,18,22H,2,9-10H2,1H3,(H,23,24). The Kier molecular flexibility index (Phi) is 6.76. The van der Waals surface area contributed by atoms with Gasteiger partial charge in [0.05, 0.1) is 17.0 Å². The molecule has 0 saturated carbocycles. The van der Waals surface area contributed by atoms with Crippen molar-refractivity contribution in [2.45, 2.75) is 24.9 Å². The molecule has 0 aromatic heterocycles. The fraction of sp³-hybridized carbons (Fsp3) is 0.316. The van der Waals surface area contributed by atoms with Gasteiger partial charge >= 0.3 is 5.97 Å². The first-order valence-electron chi connectivity index (χ1n) is 8.42. The highest BCUT2D eigenvalue weighted by Gasteiger charge is 2.31. The van der Waals surface area contributed by atoms with Crippen molar-refractivity contribution in [2.24, 2.45) is 0 Å². The van der Waals surface area contributed by atoms with Gasteiger partial charge in [0, 0.05) is 10.8 Å². The number of hydrogen-bond donors (Lipinski definition) is 2. The van der Waals surface area contributed by atoms with Crippen molar-refractivity contribution in [3.63, 3.8) is 0 Å². The minimum atomic E-state index is -0.857. The van der Waals surface area contributed by atoms with Crippen molar-refractivity contribution in [3.8, 4) is 11.5 Å². The lowest BCUT2D eigenvalue weighted by atomic mass is 10.1. The minimum Gasteiger partial charge on any atom is -0.490 e. The van der Waals surface area contributed by atoms with Crippen LogP contribution in [0.4, 0.5) is 0 Å². The zero-order valence-corrected chi connectivity index (χ0v) is 16.9. The van der Waals surface area contributed by atoms with Crippen molar-refractivity contribution in [1.82, 2.24) is 5.32 Å². The van der Waals surface area contributed by atoms with Crippen LogP contribution in [0.15, 0.2) is 36.4 Å². The molecule has 1 saturated heterocycles. The van der Waals surface area contributed by atoms with E-state index in [0.717, 1.165) is 11.1 Å². The van der Waals surface area contributed by atoms with E-state index in [2.05, 4.69) is 5.32 Å². The lowest BCUT2D eigenvalue weighted by molar-refractivity contribution is -0.138. The van der Waals surface area contributed by atoms with Gasteiger partial charge in [-0.3, -0.25) is 10.1 Å². The number of carboxylic acid groups (broad SMARTS) is 1. The van der Waals surface area contributed by atoms with E-state index >= 15 is 0 Å². The third kappa shape index (κ3) is 5.02. The predicted octanol–water partition coefficient (Wildman–Crippen LogP) is 4.76. The van der Waals surface area contributed by atoms with E-state index in [1.165, 1.54) is 11.8 Å². The molecule has 0 bridgehead atoms. The molecule has 2 aromatic rings. The zero-order valence-electron chi connectivity index (χ0n) is 14.6. The molecule has 8 heteroatoms. The highest BCUT2D eigenvalue weighted by molar-refractivity contribution is 7.99. The molecule has 2 aromatic carbocycles.